The SMILES string of the molecule is CCCNC(=O)[C@@H](CC)N(Cc1ccccc1)C(=O)CN(c1cc(C)ccc1C)S(C)(=O)=O. The van der Waals surface area contributed by atoms with Gasteiger partial charge in [-0.3, -0.25) is 13.9 Å². The summed E-state index contributed by atoms with van der Waals surface area (Å²) in [5, 5.41) is 2.87. The van der Waals surface area contributed by atoms with Gasteiger partial charge in [-0.25, -0.2) is 8.42 Å². The van der Waals surface area contributed by atoms with Gasteiger partial charge in [-0.1, -0.05) is 56.3 Å². The van der Waals surface area contributed by atoms with E-state index in [1.807, 2.05) is 70.2 Å². The maximum absolute atomic E-state index is 13.6. The molecule has 0 heterocycles. The lowest BCUT2D eigenvalue weighted by Gasteiger charge is -2.33. The first kappa shape index (κ1) is 26.4. The molecule has 0 unspecified atom stereocenters. The summed E-state index contributed by atoms with van der Waals surface area (Å²) >= 11 is 0. The zero-order valence-electron chi connectivity index (χ0n) is 20.2. The van der Waals surface area contributed by atoms with Gasteiger partial charge in [0.2, 0.25) is 21.8 Å². The summed E-state index contributed by atoms with van der Waals surface area (Å²) in [5.74, 6) is -0.662. The third-order valence-corrected chi connectivity index (χ3v) is 6.57. The van der Waals surface area contributed by atoms with Crippen LogP contribution in [0.4, 0.5) is 5.69 Å². The highest BCUT2D eigenvalue weighted by Gasteiger charge is 2.32. The highest BCUT2D eigenvalue weighted by molar-refractivity contribution is 7.92. The number of hydrogen-bond donors (Lipinski definition) is 1. The maximum atomic E-state index is 13.6. The molecule has 0 spiro atoms. The third-order valence-electron chi connectivity index (χ3n) is 5.44. The van der Waals surface area contributed by atoms with Gasteiger partial charge in [-0.05, 0) is 49.4 Å². The number of carbonyl (C=O) groups is 2. The molecule has 1 N–H and O–H groups in total. The van der Waals surface area contributed by atoms with E-state index in [0.717, 1.165) is 33.7 Å². The van der Waals surface area contributed by atoms with Crippen LogP contribution in [0.2, 0.25) is 0 Å². The molecule has 33 heavy (non-hydrogen) atoms. The van der Waals surface area contributed by atoms with Crippen molar-refractivity contribution in [2.75, 3.05) is 23.7 Å². The molecule has 0 saturated heterocycles. The average molecular weight is 474 g/mol. The van der Waals surface area contributed by atoms with E-state index in [4.69, 9.17) is 0 Å². The Bertz CT molecular complexity index is 1050. The first-order valence-corrected chi connectivity index (χ1v) is 13.1. The monoisotopic (exact) mass is 473 g/mol. The predicted octanol–water partition coefficient (Wildman–Crippen LogP) is 3.40. The Balaban J connectivity index is 2.44. The molecule has 2 rings (SSSR count). The Labute approximate surface area is 197 Å². The first-order valence-electron chi connectivity index (χ1n) is 11.2. The highest BCUT2D eigenvalue weighted by Crippen LogP contribution is 2.24. The molecule has 7 nitrogen and oxygen atoms in total. The molecule has 2 aromatic carbocycles. The van der Waals surface area contributed by atoms with E-state index >= 15 is 0 Å². The van der Waals surface area contributed by atoms with Gasteiger partial charge in [0, 0.05) is 13.1 Å². The lowest BCUT2D eigenvalue weighted by atomic mass is 10.1. The van der Waals surface area contributed by atoms with Gasteiger partial charge in [-0.2, -0.15) is 0 Å². The van der Waals surface area contributed by atoms with Gasteiger partial charge >= 0.3 is 0 Å². The van der Waals surface area contributed by atoms with Gasteiger partial charge in [-0.15, -0.1) is 0 Å². The molecule has 2 amide bonds. The van der Waals surface area contributed by atoms with Crippen LogP contribution in [0.1, 0.15) is 43.4 Å². The number of nitrogens with zero attached hydrogens (tertiary/aromatic N) is 2. The molecule has 2 aromatic rings. The maximum Gasteiger partial charge on any atom is 0.244 e. The van der Waals surface area contributed by atoms with Gasteiger partial charge in [0.15, 0.2) is 0 Å². The minimum Gasteiger partial charge on any atom is -0.354 e. The number of anilines is 1. The Kier molecular flexibility index (Phi) is 9.46. The fourth-order valence-corrected chi connectivity index (χ4v) is 4.55. The van der Waals surface area contributed by atoms with E-state index < -0.39 is 22.0 Å². The number of aryl methyl sites for hydroxylation is 2. The van der Waals surface area contributed by atoms with E-state index in [1.54, 1.807) is 6.07 Å². The molecule has 0 aromatic heterocycles. The van der Waals surface area contributed by atoms with Crippen LogP contribution in [0, 0.1) is 13.8 Å². The number of sulfonamides is 1. The molecular formula is C25H35N3O4S. The molecule has 0 aliphatic rings. The van der Waals surface area contributed by atoms with Crippen LogP contribution in [0.3, 0.4) is 0 Å². The van der Waals surface area contributed by atoms with Crippen molar-refractivity contribution >= 4 is 27.5 Å². The van der Waals surface area contributed by atoms with Crippen molar-refractivity contribution in [2.45, 2.75) is 53.1 Å². The number of benzene rings is 2. The highest BCUT2D eigenvalue weighted by atomic mass is 32.2. The lowest BCUT2D eigenvalue weighted by Crippen LogP contribution is -2.52. The van der Waals surface area contributed by atoms with Crippen LogP contribution >= 0.6 is 0 Å². The van der Waals surface area contributed by atoms with Gasteiger partial charge in [0.05, 0.1) is 11.9 Å². The number of rotatable bonds is 11. The molecule has 0 bridgehead atoms. The quantitative estimate of drug-likeness (QED) is 0.542. The van der Waals surface area contributed by atoms with Crippen molar-refractivity contribution in [1.29, 1.82) is 0 Å². The lowest BCUT2D eigenvalue weighted by molar-refractivity contribution is -0.140. The molecular weight excluding hydrogens is 438 g/mol. The summed E-state index contributed by atoms with van der Waals surface area (Å²) in [6.07, 6.45) is 2.29. The summed E-state index contributed by atoms with van der Waals surface area (Å²) in [5.41, 5.74) is 2.98. The molecule has 0 radical (unpaired) electrons. The van der Waals surface area contributed by atoms with E-state index in [-0.39, 0.29) is 19.0 Å². The second kappa shape index (κ2) is 11.8. The number of nitrogens with one attached hydrogen (secondary N) is 1. The van der Waals surface area contributed by atoms with Crippen LogP contribution in [-0.2, 0) is 26.2 Å². The van der Waals surface area contributed by atoms with Crippen LogP contribution in [0.5, 0.6) is 0 Å². The topological polar surface area (TPSA) is 86.8 Å². The number of carbonyl (C=O) groups excluding carboxylic acids is 2. The van der Waals surface area contributed by atoms with Gasteiger partial charge in [0.1, 0.15) is 12.6 Å². The minimum atomic E-state index is -3.74. The van der Waals surface area contributed by atoms with Crippen LogP contribution in [0.25, 0.3) is 0 Å². The van der Waals surface area contributed by atoms with Crippen molar-refractivity contribution in [3.8, 4) is 0 Å². The Hall–Kier alpha value is -2.87. The molecule has 1 atom stereocenters. The zero-order valence-corrected chi connectivity index (χ0v) is 21.0. The number of hydrogen-bond acceptors (Lipinski definition) is 4. The molecule has 0 aliphatic carbocycles. The molecule has 0 fully saturated rings. The second-order valence-electron chi connectivity index (χ2n) is 8.28. The standard InChI is InChI=1S/C25H35N3O4S/c1-6-15-26-25(30)22(7-2)27(17-21-11-9-8-10-12-21)24(29)18-28(33(5,31)32)23-16-19(3)13-14-20(23)4/h8-14,16,22H,6-7,15,17-18H2,1-5H3,(H,26,30)/t22-/m1/s1. The zero-order chi connectivity index (χ0) is 24.6. The average Bonchev–Trinajstić information content (AvgIpc) is 2.77. The minimum absolute atomic E-state index is 0.210. The molecule has 180 valence electrons. The van der Waals surface area contributed by atoms with Crippen molar-refractivity contribution < 1.29 is 18.0 Å². The van der Waals surface area contributed by atoms with Crippen molar-refractivity contribution in [3.05, 3.63) is 65.2 Å². The van der Waals surface area contributed by atoms with Gasteiger partial charge < -0.3 is 10.2 Å². The Morgan fingerprint density at radius 2 is 1.70 bits per heavy atom. The van der Waals surface area contributed by atoms with Crippen LogP contribution < -0.4 is 9.62 Å². The molecule has 0 aliphatic heterocycles. The Morgan fingerprint density at radius 1 is 1.03 bits per heavy atom. The summed E-state index contributed by atoms with van der Waals surface area (Å²) < 4.78 is 26.5. The fraction of sp³-hybridized carbons (Fsp3) is 0.440. The van der Waals surface area contributed by atoms with E-state index in [2.05, 4.69) is 5.32 Å². The third kappa shape index (κ3) is 7.32. The van der Waals surface area contributed by atoms with Crippen LogP contribution in [0.15, 0.2) is 48.5 Å². The summed E-state index contributed by atoms with van der Waals surface area (Å²) in [6.45, 7) is 7.84. The van der Waals surface area contributed by atoms with Crippen molar-refractivity contribution in [3.63, 3.8) is 0 Å². The fourth-order valence-electron chi connectivity index (χ4n) is 3.65. The van der Waals surface area contributed by atoms with E-state index in [1.165, 1.54) is 4.90 Å². The largest absolute Gasteiger partial charge is 0.354 e. The normalized spacial score (nSPS) is 12.2. The van der Waals surface area contributed by atoms with E-state index in [9.17, 15) is 18.0 Å². The predicted molar refractivity (Wildman–Crippen MR) is 132 cm³/mol. The van der Waals surface area contributed by atoms with E-state index in [0.29, 0.717) is 18.7 Å². The van der Waals surface area contributed by atoms with Crippen molar-refractivity contribution in [1.82, 2.24) is 10.2 Å². The Morgan fingerprint density at radius 3 is 2.27 bits per heavy atom. The first-order chi connectivity index (χ1) is 15.6. The smallest absolute Gasteiger partial charge is 0.244 e. The summed E-state index contributed by atoms with van der Waals surface area (Å²) in [6, 6.07) is 14.2. The molecule has 8 heteroatoms. The molecule has 0 saturated carbocycles. The summed E-state index contributed by atoms with van der Waals surface area (Å²) in [7, 11) is -3.74. The van der Waals surface area contributed by atoms with Crippen LogP contribution in [-0.4, -0.2) is 50.5 Å². The van der Waals surface area contributed by atoms with Crippen molar-refractivity contribution in [2.24, 2.45) is 0 Å². The summed E-state index contributed by atoms with van der Waals surface area (Å²) in [4.78, 5) is 28.0. The number of amides is 2. The second-order valence-corrected chi connectivity index (χ2v) is 10.2. The van der Waals surface area contributed by atoms with Gasteiger partial charge in [0.25, 0.3) is 0 Å².